The molecule has 0 saturated carbocycles. The topological polar surface area (TPSA) is 21.3 Å². The fourth-order valence-corrected chi connectivity index (χ4v) is 3.19. The van der Waals surface area contributed by atoms with Crippen LogP contribution in [0.3, 0.4) is 0 Å². The van der Waals surface area contributed by atoms with Gasteiger partial charge < -0.3 is 10.1 Å². The van der Waals surface area contributed by atoms with Gasteiger partial charge in [0.05, 0.1) is 6.61 Å². The Hall–Kier alpha value is -0.380. The maximum absolute atomic E-state index is 5.45. The predicted molar refractivity (Wildman–Crippen MR) is 69.0 cm³/mol. The molecule has 1 aliphatic rings. The van der Waals surface area contributed by atoms with E-state index in [2.05, 4.69) is 29.9 Å². The van der Waals surface area contributed by atoms with Crippen molar-refractivity contribution in [1.29, 1.82) is 0 Å². The SMILES string of the molecule is CNC(CCCc1cccs1)C1CCOC1. The molecule has 0 spiro atoms. The summed E-state index contributed by atoms with van der Waals surface area (Å²) in [5.74, 6) is 0.730. The average molecular weight is 239 g/mol. The molecule has 2 atom stereocenters. The second-order valence-corrected chi connectivity index (χ2v) is 5.52. The summed E-state index contributed by atoms with van der Waals surface area (Å²) in [6.45, 7) is 1.90. The van der Waals surface area contributed by atoms with Crippen LogP contribution in [0.25, 0.3) is 0 Å². The normalized spacial score (nSPS) is 22.4. The second kappa shape index (κ2) is 6.38. The summed E-state index contributed by atoms with van der Waals surface area (Å²) in [5.41, 5.74) is 0. The number of thiophene rings is 1. The van der Waals surface area contributed by atoms with Gasteiger partial charge in [0.15, 0.2) is 0 Å². The maximum Gasteiger partial charge on any atom is 0.0509 e. The summed E-state index contributed by atoms with van der Waals surface area (Å²) in [6, 6.07) is 5.01. The molecule has 0 aliphatic carbocycles. The zero-order valence-corrected chi connectivity index (χ0v) is 10.8. The van der Waals surface area contributed by atoms with Gasteiger partial charge in [-0.05, 0) is 50.1 Å². The van der Waals surface area contributed by atoms with Crippen LogP contribution in [0.4, 0.5) is 0 Å². The zero-order valence-electron chi connectivity index (χ0n) is 9.95. The van der Waals surface area contributed by atoms with Gasteiger partial charge in [-0.2, -0.15) is 0 Å². The number of nitrogens with one attached hydrogen (secondary N) is 1. The van der Waals surface area contributed by atoms with E-state index in [1.54, 1.807) is 0 Å². The van der Waals surface area contributed by atoms with Crippen molar-refractivity contribution in [3.05, 3.63) is 22.4 Å². The lowest BCUT2D eigenvalue weighted by Crippen LogP contribution is -2.33. The quantitative estimate of drug-likeness (QED) is 0.824. The first kappa shape index (κ1) is 12.1. The van der Waals surface area contributed by atoms with Crippen LogP contribution in [0.15, 0.2) is 17.5 Å². The Bertz CT molecular complexity index is 280. The molecule has 2 rings (SSSR count). The molecule has 0 radical (unpaired) electrons. The molecule has 0 aromatic carbocycles. The van der Waals surface area contributed by atoms with E-state index in [1.807, 2.05) is 11.3 Å². The van der Waals surface area contributed by atoms with E-state index < -0.39 is 0 Å². The van der Waals surface area contributed by atoms with Crippen LogP contribution >= 0.6 is 11.3 Å². The van der Waals surface area contributed by atoms with Crippen LogP contribution in [-0.2, 0) is 11.2 Å². The van der Waals surface area contributed by atoms with Crippen LogP contribution < -0.4 is 5.32 Å². The standard InChI is InChI=1S/C13H21NOS/c1-14-13(11-7-8-15-10-11)6-2-4-12-5-3-9-16-12/h3,5,9,11,13-14H,2,4,6-8,10H2,1H3. The molecular formula is C13H21NOS. The zero-order chi connectivity index (χ0) is 11.2. The van der Waals surface area contributed by atoms with Crippen LogP contribution in [0.1, 0.15) is 24.1 Å². The molecule has 1 fully saturated rings. The van der Waals surface area contributed by atoms with Gasteiger partial charge in [0, 0.05) is 17.5 Å². The first-order chi connectivity index (χ1) is 7.90. The number of hydrogen-bond acceptors (Lipinski definition) is 3. The van der Waals surface area contributed by atoms with Gasteiger partial charge in [0.1, 0.15) is 0 Å². The summed E-state index contributed by atoms with van der Waals surface area (Å²) in [6.07, 6.45) is 5.00. The number of rotatable bonds is 6. The molecule has 1 aromatic heterocycles. The number of hydrogen-bond donors (Lipinski definition) is 1. The van der Waals surface area contributed by atoms with Crippen LogP contribution in [0.5, 0.6) is 0 Å². The van der Waals surface area contributed by atoms with Crippen LogP contribution in [0.2, 0.25) is 0 Å². The second-order valence-electron chi connectivity index (χ2n) is 4.49. The molecule has 2 nitrogen and oxygen atoms in total. The fraction of sp³-hybridized carbons (Fsp3) is 0.692. The molecule has 1 aliphatic heterocycles. The van der Waals surface area contributed by atoms with Crippen molar-refractivity contribution >= 4 is 11.3 Å². The third-order valence-electron chi connectivity index (χ3n) is 3.42. The molecule has 1 N–H and O–H groups in total. The van der Waals surface area contributed by atoms with Crippen molar-refractivity contribution in [1.82, 2.24) is 5.32 Å². The van der Waals surface area contributed by atoms with Crippen molar-refractivity contribution in [2.24, 2.45) is 5.92 Å². The molecule has 90 valence electrons. The minimum atomic E-state index is 0.641. The van der Waals surface area contributed by atoms with Crippen molar-refractivity contribution in [2.45, 2.75) is 31.7 Å². The van der Waals surface area contributed by atoms with Crippen molar-refractivity contribution in [3.63, 3.8) is 0 Å². The number of aryl methyl sites for hydroxylation is 1. The Labute approximate surface area is 102 Å². The van der Waals surface area contributed by atoms with Gasteiger partial charge in [-0.1, -0.05) is 6.07 Å². The average Bonchev–Trinajstić information content (AvgIpc) is 2.96. The third kappa shape index (κ3) is 3.30. The highest BCUT2D eigenvalue weighted by atomic mass is 32.1. The Morgan fingerprint density at radius 3 is 3.19 bits per heavy atom. The van der Waals surface area contributed by atoms with E-state index in [0.717, 1.165) is 19.1 Å². The molecule has 3 heteroatoms. The summed E-state index contributed by atoms with van der Waals surface area (Å²) >= 11 is 1.87. The van der Waals surface area contributed by atoms with Gasteiger partial charge >= 0.3 is 0 Å². The van der Waals surface area contributed by atoms with E-state index >= 15 is 0 Å². The minimum absolute atomic E-state index is 0.641. The van der Waals surface area contributed by atoms with Gasteiger partial charge in [0.2, 0.25) is 0 Å². The smallest absolute Gasteiger partial charge is 0.0509 e. The minimum Gasteiger partial charge on any atom is -0.381 e. The lowest BCUT2D eigenvalue weighted by atomic mass is 9.94. The van der Waals surface area contributed by atoms with E-state index in [4.69, 9.17) is 4.74 Å². The van der Waals surface area contributed by atoms with Crippen molar-refractivity contribution in [2.75, 3.05) is 20.3 Å². The molecule has 1 aromatic rings. The molecule has 16 heavy (non-hydrogen) atoms. The van der Waals surface area contributed by atoms with Gasteiger partial charge in [-0.3, -0.25) is 0 Å². The Morgan fingerprint density at radius 2 is 2.56 bits per heavy atom. The van der Waals surface area contributed by atoms with Crippen molar-refractivity contribution in [3.8, 4) is 0 Å². The first-order valence-electron chi connectivity index (χ1n) is 6.17. The Morgan fingerprint density at radius 1 is 1.62 bits per heavy atom. The lowest BCUT2D eigenvalue weighted by Gasteiger charge is -2.21. The molecule has 2 heterocycles. The van der Waals surface area contributed by atoms with E-state index in [-0.39, 0.29) is 0 Å². The predicted octanol–water partition coefficient (Wildman–Crippen LogP) is 2.70. The van der Waals surface area contributed by atoms with E-state index in [0.29, 0.717) is 6.04 Å². The Kier molecular flexibility index (Phi) is 4.82. The maximum atomic E-state index is 5.45. The van der Waals surface area contributed by atoms with Crippen LogP contribution in [0, 0.1) is 5.92 Å². The summed E-state index contributed by atoms with van der Waals surface area (Å²) < 4.78 is 5.45. The van der Waals surface area contributed by atoms with Crippen molar-refractivity contribution < 1.29 is 4.74 Å². The molecule has 0 bridgehead atoms. The van der Waals surface area contributed by atoms with E-state index in [9.17, 15) is 0 Å². The Balaban J connectivity index is 1.70. The molecular weight excluding hydrogens is 218 g/mol. The van der Waals surface area contributed by atoms with Gasteiger partial charge in [-0.15, -0.1) is 11.3 Å². The molecule has 0 amide bonds. The third-order valence-corrected chi connectivity index (χ3v) is 4.36. The summed E-state index contributed by atoms with van der Waals surface area (Å²) in [7, 11) is 2.08. The molecule has 2 unspecified atom stereocenters. The highest BCUT2D eigenvalue weighted by Crippen LogP contribution is 2.21. The first-order valence-corrected chi connectivity index (χ1v) is 7.05. The fourth-order valence-electron chi connectivity index (χ4n) is 2.44. The van der Waals surface area contributed by atoms with Gasteiger partial charge in [0.25, 0.3) is 0 Å². The molecule has 1 saturated heterocycles. The highest BCUT2D eigenvalue weighted by molar-refractivity contribution is 7.09. The summed E-state index contributed by atoms with van der Waals surface area (Å²) in [5, 5.41) is 5.61. The van der Waals surface area contributed by atoms with Crippen LogP contribution in [-0.4, -0.2) is 26.3 Å². The summed E-state index contributed by atoms with van der Waals surface area (Å²) in [4.78, 5) is 1.51. The monoisotopic (exact) mass is 239 g/mol. The largest absolute Gasteiger partial charge is 0.381 e. The highest BCUT2D eigenvalue weighted by Gasteiger charge is 2.23. The van der Waals surface area contributed by atoms with E-state index in [1.165, 1.54) is 30.6 Å². The lowest BCUT2D eigenvalue weighted by molar-refractivity contribution is 0.176. The number of ether oxygens (including phenoxy) is 1. The van der Waals surface area contributed by atoms with Gasteiger partial charge in [-0.25, -0.2) is 0 Å².